The van der Waals surface area contributed by atoms with Crippen LogP contribution in [-0.4, -0.2) is 22.9 Å². The Hall–Kier alpha value is -0.540. The lowest BCUT2D eigenvalue weighted by Crippen LogP contribution is -2.41. The number of aromatic nitrogens is 2. The van der Waals surface area contributed by atoms with E-state index in [-0.39, 0.29) is 5.41 Å². The smallest absolute Gasteiger partial charge is 0.0847 e. The summed E-state index contributed by atoms with van der Waals surface area (Å²) in [7, 11) is 2.02. The summed E-state index contributed by atoms with van der Waals surface area (Å²) in [6.45, 7) is 11.8. The zero-order valence-electron chi connectivity index (χ0n) is 12.5. The van der Waals surface area contributed by atoms with Gasteiger partial charge in [-0.2, -0.15) is 5.10 Å². The highest BCUT2D eigenvalue weighted by molar-refractivity contribution is 6.31. The maximum atomic E-state index is 6.38. The molecule has 1 aromatic rings. The highest BCUT2D eigenvalue weighted by Crippen LogP contribution is 2.30. The lowest BCUT2D eigenvalue weighted by atomic mass is 9.79. The fraction of sp³-hybridized carbons (Fsp3) is 0.786. The van der Waals surface area contributed by atoms with Gasteiger partial charge in [0.1, 0.15) is 0 Å². The van der Waals surface area contributed by atoms with Gasteiger partial charge >= 0.3 is 0 Å². The molecule has 0 aromatic carbocycles. The van der Waals surface area contributed by atoms with Gasteiger partial charge in [-0.25, -0.2) is 0 Å². The van der Waals surface area contributed by atoms with Crippen molar-refractivity contribution in [3.8, 4) is 0 Å². The van der Waals surface area contributed by atoms with Crippen LogP contribution in [0, 0.1) is 12.3 Å². The van der Waals surface area contributed by atoms with Crippen LogP contribution in [0.4, 0.5) is 0 Å². The van der Waals surface area contributed by atoms with E-state index in [1.165, 1.54) is 0 Å². The third-order valence-electron chi connectivity index (χ3n) is 4.05. The van der Waals surface area contributed by atoms with E-state index < -0.39 is 0 Å². The molecule has 0 amide bonds. The van der Waals surface area contributed by atoms with Gasteiger partial charge in [-0.1, -0.05) is 32.4 Å². The molecule has 1 rings (SSSR count). The first-order chi connectivity index (χ1) is 8.37. The van der Waals surface area contributed by atoms with Gasteiger partial charge in [-0.05, 0) is 32.7 Å². The molecule has 0 saturated heterocycles. The van der Waals surface area contributed by atoms with Crippen molar-refractivity contribution >= 4 is 11.6 Å². The Balaban J connectivity index is 3.02. The zero-order valence-corrected chi connectivity index (χ0v) is 13.2. The summed E-state index contributed by atoms with van der Waals surface area (Å²) < 4.78 is 2.02. The summed E-state index contributed by atoms with van der Waals surface area (Å²) in [5, 5.41) is 8.73. The third kappa shape index (κ3) is 3.07. The maximum absolute atomic E-state index is 6.38. The van der Waals surface area contributed by atoms with E-state index in [1.54, 1.807) is 0 Å². The van der Waals surface area contributed by atoms with Crippen LogP contribution >= 0.6 is 11.6 Å². The quantitative estimate of drug-likeness (QED) is 0.859. The van der Waals surface area contributed by atoms with Gasteiger partial charge in [0.25, 0.3) is 0 Å². The molecule has 1 N–H and O–H groups in total. The van der Waals surface area contributed by atoms with Crippen molar-refractivity contribution in [2.45, 2.75) is 60.0 Å². The first-order valence-electron chi connectivity index (χ1n) is 6.76. The highest BCUT2D eigenvalue weighted by Gasteiger charge is 2.28. The molecule has 0 saturated carbocycles. The standard InChI is InChI=1S/C14H26ClN3/c1-7-14(4,5)12(16-6)9-11-13(15)10(3)17-18(11)8-2/h12,16H,7-9H2,1-6H3. The molecule has 0 bridgehead atoms. The minimum atomic E-state index is 0.245. The number of nitrogens with one attached hydrogen (secondary N) is 1. The monoisotopic (exact) mass is 271 g/mol. The van der Waals surface area contributed by atoms with E-state index in [9.17, 15) is 0 Å². The number of rotatable bonds is 6. The van der Waals surface area contributed by atoms with Crippen molar-refractivity contribution in [2.24, 2.45) is 5.41 Å². The summed E-state index contributed by atoms with van der Waals surface area (Å²) in [5.41, 5.74) is 2.32. The summed E-state index contributed by atoms with van der Waals surface area (Å²) in [6.07, 6.45) is 2.06. The lowest BCUT2D eigenvalue weighted by Gasteiger charge is -2.33. The number of likely N-dealkylation sites (N-methyl/N-ethyl adjacent to an activating group) is 1. The van der Waals surface area contributed by atoms with Crippen LogP contribution in [0.1, 0.15) is 45.5 Å². The summed E-state index contributed by atoms with van der Waals surface area (Å²) in [4.78, 5) is 0. The summed E-state index contributed by atoms with van der Waals surface area (Å²) in [5.74, 6) is 0. The molecular formula is C14H26ClN3. The second-order valence-corrected chi connectivity index (χ2v) is 5.93. The van der Waals surface area contributed by atoms with Crippen LogP contribution in [0.5, 0.6) is 0 Å². The molecule has 0 fully saturated rings. The minimum absolute atomic E-state index is 0.245. The average Bonchev–Trinajstić information content (AvgIpc) is 2.62. The second-order valence-electron chi connectivity index (χ2n) is 5.55. The van der Waals surface area contributed by atoms with Crippen molar-refractivity contribution in [1.82, 2.24) is 15.1 Å². The van der Waals surface area contributed by atoms with Crippen LogP contribution in [0.2, 0.25) is 5.02 Å². The van der Waals surface area contributed by atoms with Crippen molar-refractivity contribution in [1.29, 1.82) is 0 Å². The number of halogens is 1. The lowest BCUT2D eigenvalue weighted by molar-refractivity contribution is 0.237. The van der Waals surface area contributed by atoms with Crippen molar-refractivity contribution in [2.75, 3.05) is 7.05 Å². The fourth-order valence-electron chi connectivity index (χ4n) is 2.27. The van der Waals surface area contributed by atoms with E-state index in [4.69, 9.17) is 11.6 Å². The first-order valence-corrected chi connectivity index (χ1v) is 7.14. The third-order valence-corrected chi connectivity index (χ3v) is 4.54. The van der Waals surface area contributed by atoms with Gasteiger partial charge in [-0.15, -0.1) is 0 Å². The molecule has 1 unspecified atom stereocenters. The topological polar surface area (TPSA) is 29.9 Å². The Labute approximate surface area is 116 Å². The van der Waals surface area contributed by atoms with Gasteiger partial charge in [0.05, 0.1) is 16.4 Å². The SMILES string of the molecule is CCn1nc(C)c(Cl)c1CC(NC)C(C)(C)CC. The van der Waals surface area contributed by atoms with E-state index in [0.29, 0.717) is 6.04 Å². The first kappa shape index (κ1) is 15.5. The number of nitrogens with zero attached hydrogens (tertiary/aromatic N) is 2. The summed E-state index contributed by atoms with van der Waals surface area (Å²) in [6, 6.07) is 0.404. The van der Waals surface area contributed by atoms with Crippen molar-refractivity contribution < 1.29 is 0 Å². The van der Waals surface area contributed by atoms with E-state index in [2.05, 4.69) is 38.1 Å². The van der Waals surface area contributed by atoms with Crippen LogP contribution in [0.25, 0.3) is 0 Å². The maximum Gasteiger partial charge on any atom is 0.0847 e. The molecule has 104 valence electrons. The second kappa shape index (κ2) is 6.07. The van der Waals surface area contributed by atoms with Crippen LogP contribution < -0.4 is 5.32 Å². The molecule has 3 nitrogen and oxygen atoms in total. The molecule has 0 aliphatic carbocycles. The van der Waals surface area contributed by atoms with Gasteiger partial charge < -0.3 is 5.32 Å². The Morgan fingerprint density at radius 1 is 1.39 bits per heavy atom. The molecule has 0 aliphatic rings. The number of hydrogen-bond acceptors (Lipinski definition) is 2. The molecule has 1 atom stereocenters. The average molecular weight is 272 g/mol. The van der Waals surface area contributed by atoms with E-state index in [0.717, 1.165) is 35.8 Å². The Kier molecular flexibility index (Phi) is 5.23. The normalized spacial score (nSPS) is 13.9. The molecule has 0 radical (unpaired) electrons. The summed E-state index contributed by atoms with van der Waals surface area (Å²) >= 11 is 6.38. The predicted octanol–water partition coefficient (Wildman–Crippen LogP) is 3.43. The van der Waals surface area contributed by atoms with Crippen LogP contribution in [-0.2, 0) is 13.0 Å². The molecule has 0 spiro atoms. The molecule has 1 heterocycles. The van der Waals surface area contributed by atoms with E-state index in [1.807, 2.05) is 18.7 Å². The molecular weight excluding hydrogens is 246 g/mol. The van der Waals surface area contributed by atoms with Gasteiger partial charge in [0.2, 0.25) is 0 Å². The zero-order chi connectivity index (χ0) is 13.9. The van der Waals surface area contributed by atoms with Gasteiger partial charge in [-0.3, -0.25) is 4.68 Å². The largest absolute Gasteiger partial charge is 0.316 e. The van der Waals surface area contributed by atoms with Crippen molar-refractivity contribution in [3.05, 3.63) is 16.4 Å². The Morgan fingerprint density at radius 2 is 2.00 bits per heavy atom. The van der Waals surface area contributed by atoms with Gasteiger partial charge in [0, 0.05) is 19.0 Å². The van der Waals surface area contributed by atoms with E-state index >= 15 is 0 Å². The molecule has 4 heteroatoms. The van der Waals surface area contributed by atoms with Crippen LogP contribution in [0.15, 0.2) is 0 Å². The molecule has 0 aliphatic heterocycles. The van der Waals surface area contributed by atoms with Crippen LogP contribution in [0.3, 0.4) is 0 Å². The predicted molar refractivity (Wildman–Crippen MR) is 78.3 cm³/mol. The Morgan fingerprint density at radius 3 is 2.44 bits per heavy atom. The number of aryl methyl sites for hydroxylation is 2. The minimum Gasteiger partial charge on any atom is -0.316 e. The highest BCUT2D eigenvalue weighted by atomic mass is 35.5. The Bertz CT molecular complexity index is 396. The molecule has 18 heavy (non-hydrogen) atoms. The number of hydrogen-bond donors (Lipinski definition) is 1. The molecule has 1 aromatic heterocycles. The fourth-order valence-corrected chi connectivity index (χ4v) is 2.49. The van der Waals surface area contributed by atoms with Crippen molar-refractivity contribution in [3.63, 3.8) is 0 Å². The van der Waals surface area contributed by atoms with Gasteiger partial charge in [0.15, 0.2) is 0 Å².